The first-order valence-corrected chi connectivity index (χ1v) is 12.8. The third-order valence-electron chi connectivity index (χ3n) is 6.30. The number of nitrogens with zero attached hydrogens (tertiary/aromatic N) is 2. The van der Waals surface area contributed by atoms with E-state index in [0.29, 0.717) is 23.1 Å². The highest BCUT2D eigenvalue weighted by Crippen LogP contribution is 2.16. The molecule has 0 aliphatic heterocycles. The Hall–Kier alpha value is -4.49. The van der Waals surface area contributed by atoms with Crippen LogP contribution in [0.4, 0.5) is 0 Å². The van der Waals surface area contributed by atoms with E-state index in [0.717, 1.165) is 16.7 Å². The molecule has 0 saturated carbocycles. The summed E-state index contributed by atoms with van der Waals surface area (Å²) in [4.78, 5) is 42.8. The molecule has 4 rings (SSSR count). The fourth-order valence-corrected chi connectivity index (χ4v) is 4.23. The Morgan fingerprint density at radius 3 is 2.28 bits per heavy atom. The molecule has 0 N–H and O–H groups in total. The maximum absolute atomic E-state index is 13.6. The van der Waals surface area contributed by atoms with Gasteiger partial charge in [0.15, 0.2) is 5.43 Å². The van der Waals surface area contributed by atoms with Gasteiger partial charge < -0.3 is 19.0 Å². The molecule has 0 spiro atoms. The Bertz CT molecular complexity index is 1480. The number of ether oxygens (including phenoxy) is 1. The Labute approximate surface area is 227 Å². The molecule has 0 aliphatic rings. The first-order valence-electron chi connectivity index (χ1n) is 12.8. The van der Waals surface area contributed by atoms with E-state index in [1.165, 1.54) is 11.2 Å². The number of rotatable bonds is 12. The van der Waals surface area contributed by atoms with Crippen LogP contribution in [-0.2, 0) is 34.0 Å². The van der Waals surface area contributed by atoms with Crippen molar-refractivity contribution in [3.8, 4) is 0 Å². The zero-order valence-electron chi connectivity index (χ0n) is 22.0. The van der Waals surface area contributed by atoms with E-state index in [1.807, 2.05) is 73.7 Å². The molecular weight excluding hydrogens is 492 g/mol. The summed E-state index contributed by atoms with van der Waals surface area (Å²) in [5.41, 5.74) is 3.48. The molecule has 0 atom stereocenters. The van der Waals surface area contributed by atoms with Crippen molar-refractivity contribution in [3.05, 3.63) is 130 Å². The number of hydrogen-bond acceptors (Lipinski definition) is 5. The van der Waals surface area contributed by atoms with E-state index in [1.54, 1.807) is 23.1 Å². The van der Waals surface area contributed by atoms with Gasteiger partial charge in [-0.15, -0.1) is 6.58 Å². The monoisotopic (exact) mass is 524 g/mol. The lowest BCUT2D eigenvalue weighted by atomic mass is 10.1. The second-order valence-corrected chi connectivity index (χ2v) is 9.37. The topological polar surface area (TPSA) is 80.1 Å². The smallest absolute Gasteiger partial charge is 0.249 e. The van der Waals surface area contributed by atoms with Crippen molar-refractivity contribution in [1.29, 1.82) is 0 Å². The molecule has 39 heavy (non-hydrogen) atoms. The summed E-state index contributed by atoms with van der Waals surface area (Å²) in [6.45, 7) is 6.09. The van der Waals surface area contributed by atoms with Crippen molar-refractivity contribution in [2.45, 2.75) is 26.6 Å². The minimum Gasteiger partial charge on any atom is -0.464 e. The molecule has 1 aromatic heterocycles. The zero-order valence-corrected chi connectivity index (χ0v) is 22.0. The molecule has 200 valence electrons. The molecule has 0 bridgehead atoms. The number of carbonyl (C=O) groups is 2. The normalized spacial score (nSPS) is 10.8. The summed E-state index contributed by atoms with van der Waals surface area (Å²) in [5.74, 6) is -0.625. The van der Waals surface area contributed by atoms with Gasteiger partial charge >= 0.3 is 0 Å². The Morgan fingerprint density at radius 1 is 0.897 bits per heavy atom. The van der Waals surface area contributed by atoms with Gasteiger partial charge in [-0.05, 0) is 30.2 Å². The maximum atomic E-state index is 13.6. The SMILES string of the molecule is C=CCN(CC(=O)N(Cc1ccccc1)Cc1coc2ccc(C)cc2c1=O)C(=O)COCc1ccccc1. The minimum atomic E-state index is -0.320. The standard InChI is InChI=1S/C32H32N2O5/c1-3-16-33(31(36)23-38-21-26-12-8-5-9-13-26)20-30(35)34(18-25-10-6-4-7-11-25)19-27-22-39-29-15-14-24(2)17-28(29)32(27)37/h3-15,17,22H,1,16,18-21,23H2,2H3. The van der Waals surface area contributed by atoms with Crippen LogP contribution in [0.3, 0.4) is 0 Å². The van der Waals surface area contributed by atoms with E-state index in [9.17, 15) is 14.4 Å². The van der Waals surface area contributed by atoms with Crippen LogP contribution in [0.5, 0.6) is 0 Å². The van der Waals surface area contributed by atoms with Gasteiger partial charge in [0.05, 0.1) is 30.4 Å². The third-order valence-corrected chi connectivity index (χ3v) is 6.30. The predicted molar refractivity (Wildman–Crippen MR) is 151 cm³/mol. The second-order valence-electron chi connectivity index (χ2n) is 9.37. The fourth-order valence-electron chi connectivity index (χ4n) is 4.23. The Morgan fingerprint density at radius 2 is 1.59 bits per heavy atom. The van der Waals surface area contributed by atoms with E-state index in [-0.39, 0.29) is 50.0 Å². The summed E-state index contributed by atoms with van der Waals surface area (Å²) >= 11 is 0. The van der Waals surface area contributed by atoms with Crippen molar-refractivity contribution >= 4 is 22.8 Å². The van der Waals surface area contributed by atoms with Crippen molar-refractivity contribution in [2.75, 3.05) is 19.7 Å². The Balaban J connectivity index is 1.51. The third kappa shape index (κ3) is 7.52. The lowest BCUT2D eigenvalue weighted by Gasteiger charge is -2.27. The van der Waals surface area contributed by atoms with Gasteiger partial charge in [0, 0.05) is 13.1 Å². The lowest BCUT2D eigenvalue weighted by Crippen LogP contribution is -2.44. The first kappa shape index (κ1) is 27.5. The molecular formula is C32H32N2O5. The lowest BCUT2D eigenvalue weighted by molar-refractivity contribution is -0.143. The van der Waals surface area contributed by atoms with Crippen molar-refractivity contribution in [3.63, 3.8) is 0 Å². The second kappa shape index (κ2) is 13.3. The maximum Gasteiger partial charge on any atom is 0.249 e. The molecule has 3 aromatic carbocycles. The highest BCUT2D eigenvalue weighted by molar-refractivity contribution is 5.85. The first-order chi connectivity index (χ1) is 18.9. The van der Waals surface area contributed by atoms with Crippen LogP contribution in [0.1, 0.15) is 22.3 Å². The summed E-state index contributed by atoms with van der Waals surface area (Å²) in [6, 6.07) is 24.5. The number of hydrogen-bond donors (Lipinski definition) is 0. The molecule has 0 aliphatic carbocycles. The van der Waals surface area contributed by atoms with E-state index < -0.39 is 0 Å². The van der Waals surface area contributed by atoms with Gasteiger partial charge in [-0.3, -0.25) is 14.4 Å². The van der Waals surface area contributed by atoms with Gasteiger partial charge in [-0.1, -0.05) is 78.4 Å². The zero-order chi connectivity index (χ0) is 27.6. The van der Waals surface area contributed by atoms with Gasteiger partial charge in [0.1, 0.15) is 18.7 Å². The van der Waals surface area contributed by atoms with Crippen LogP contribution < -0.4 is 5.43 Å². The number of aryl methyl sites for hydroxylation is 1. The molecule has 0 radical (unpaired) electrons. The predicted octanol–water partition coefficient (Wildman–Crippen LogP) is 4.86. The van der Waals surface area contributed by atoms with Gasteiger partial charge in [-0.25, -0.2) is 0 Å². The van der Waals surface area contributed by atoms with E-state index >= 15 is 0 Å². The quantitative estimate of drug-likeness (QED) is 0.247. The average molecular weight is 525 g/mol. The molecule has 0 saturated heterocycles. The molecule has 4 aromatic rings. The highest BCUT2D eigenvalue weighted by atomic mass is 16.5. The van der Waals surface area contributed by atoms with Crippen molar-refractivity contribution < 1.29 is 18.7 Å². The largest absolute Gasteiger partial charge is 0.464 e. The van der Waals surface area contributed by atoms with Crippen LogP contribution in [0, 0.1) is 6.92 Å². The molecule has 0 unspecified atom stereocenters. The van der Waals surface area contributed by atoms with Crippen LogP contribution in [-0.4, -0.2) is 41.3 Å². The molecule has 0 fully saturated rings. The van der Waals surface area contributed by atoms with Crippen molar-refractivity contribution in [1.82, 2.24) is 9.80 Å². The van der Waals surface area contributed by atoms with Gasteiger partial charge in [-0.2, -0.15) is 0 Å². The van der Waals surface area contributed by atoms with Crippen LogP contribution >= 0.6 is 0 Å². The number of fused-ring (bicyclic) bond motifs is 1. The minimum absolute atomic E-state index is 0.0422. The molecule has 2 amide bonds. The summed E-state index contributed by atoms with van der Waals surface area (Å²) in [6.07, 6.45) is 2.99. The Kier molecular flexibility index (Phi) is 9.43. The van der Waals surface area contributed by atoms with Gasteiger partial charge in [0.25, 0.3) is 0 Å². The number of benzene rings is 3. The van der Waals surface area contributed by atoms with Crippen LogP contribution in [0.25, 0.3) is 11.0 Å². The number of amides is 2. The molecule has 7 heteroatoms. The highest BCUT2D eigenvalue weighted by Gasteiger charge is 2.23. The van der Waals surface area contributed by atoms with E-state index in [4.69, 9.17) is 9.15 Å². The van der Waals surface area contributed by atoms with Crippen LogP contribution in [0.2, 0.25) is 0 Å². The van der Waals surface area contributed by atoms with E-state index in [2.05, 4.69) is 6.58 Å². The fraction of sp³-hybridized carbons (Fsp3) is 0.219. The average Bonchev–Trinajstić information content (AvgIpc) is 2.95. The summed E-state index contributed by atoms with van der Waals surface area (Å²) < 4.78 is 11.3. The van der Waals surface area contributed by atoms with Crippen LogP contribution in [0.15, 0.2) is 107 Å². The van der Waals surface area contributed by atoms with Gasteiger partial charge in [0.2, 0.25) is 11.8 Å². The summed E-state index contributed by atoms with van der Waals surface area (Å²) in [5, 5.41) is 0.471. The van der Waals surface area contributed by atoms with Crippen molar-refractivity contribution in [2.24, 2.45) is 0 Å². The molecule has 7 nitrogen and oxygen atoms in total. The number of carbonyl (C=O) groups excluding carboxylic acids is 2. The summed E-state index contributed by atoms with van der Waals surface area (Å²) in [7, 11) is 0. The molecule has 1 heterocycles.